The van der Waals surface area contributed by atoms with Gasteiger partial charge in [0.1, 0.15) is 22.9 Å². The average Bonchev–Trinajstić information content (AvgIpc) is 3.40. The van der Waals surface area contributed by atoms with Gasteiger partial charge in [-0.3, -0.25) is 4.79 Å². The van der Waals surface area contributed by atoms with Crippen LogP contribution in [0, 0.1) is 0 Å². The van der Waals surface area contributed by atoms with Crippen LogP contribution in [0.4, 0.5) is 0 Å². The van der Waals surface area contributed by atoms with Crippen molar-refractivity contribution >= 4 is 44.9 Å². The van der Waals surface area contributed by atoms with Gasteiger partial charge in [-0.2, -0.15) is 5.10 Å². The molecule has 200 valence electrons. The number of aromatic nitrogens is 1. The van der Waals surface area contributed by atoms with Crippen molar-refractivity contribution in [2.75, 3.05) is 14.2 Å². The Labute approximate surface area is 238 Å². The SMILES string of the molecule is COc1ccc(OC)c2c(-c3ccccc3)c(C(=O)NN=Cc3cc(Br)ccc3OC(=O)c3ccccc3)[nH]c12. The van der Waals surface area contributed by atoms with Crippen molar-refractivity contribution in [2.24, 2.45) is 5.10 Å². The summed E-state index contributed by atoms with van der Waals surface area (Å²) in [6, 6.07) is 26.9. The normalized spacial score (nSPS) is 11.0. The number of amides is 1. The van der Waals surface area contributed by atoms with Crippen molar-refractivity contribution in [1.82, 2.24) is 10.4 Å². The molecule has 0 unspecified atom stereocenters. The summed E-state index contributed by atoms with van der Waals surface area (Å²) in [7, 11) is 3.14. The molecule has 0 aliphatic carbocycles. The van der Waals surface area contributed by atoms with E-state index in [0.29, 0.717) is 44.8 Å². The molecule has 9 heteroatoms. The van der Waals surface area contributed by atoms with Crippen molar-refractivity contribution in [3.8, 4) is 28.4 Å². The molecule has 0 spiro atoms. The number of carbonyl (C=O) groups is 2. The second-order valence-corrected chi connectivity index (χ2v) is 9.51. The summed E-state index contributed by atoms with van der Waals surface area (Å²) in [6.07, 6.45) is 1.42. The Morgan fingerprint density at radius 3 is 2.20 bits per heavy atom. The molecular weight excluding hydrogens is 574 g/mol. The lowest BCUT2D eigenvalue weighted by Gasteiger charge is -2.09. The maximum Gasteiger partial charge on any atom is 0.343 e. The van der Waals surface area contributed by atoms with E-state index in [9.17, 15) is 9.59 Å². The van der Waals surface area contributed by atoms with Crippen molar-refractivity contribution in [2.45, 2.75) is 0 Å². The fraction of sp³-hybridized carbons (Fsp3) is 0.0645. The summed E-state index contributed by atoms with van der Waals surface area (Å²) in [6.45, 7) is 0. The summed E-state index contributed by atoms with van der Waals surface area (Å²) in [4.78, 5) is 29.3. The molecule has 0 aliphatic rings. The van der Waals surface area contributed by atoms with Crippen molar-refractivity contribution in [1.29, 1.82) is 0 Å². The van der Waals surface area contributed by atoms with Crippen LogP contribution in [0.1, 0.15) is 26.4 Å². The standard InChI is InChI=1S/C31H24BrN3O5/c1-38-24-15-16-25(39-2)28-27(24)26(19-9-5-3-6-10-19)29(34-28)30(36)35-33-18-21-17-22(32)13-14-23(21)40-31(37)20-11-7-4-8-12-20/h3-18,34H,1-2H3,(H,35,36). The molecule has 0 atom stereocenters. The Bertz CT molecular complexity index is 1720. The highest BCUT2D eigenvalue weighted by molar-refractivity contribution is 9.10. The largest absolute Gasteiger partial charge is 0.496 e. The Morgan fingerprint density at radius 2 is 1.50 bits per heavy atom. The summed E-state index contributed by atoms with van der Waals surface area (Å²) in [5.74, 6) is 0.463. The first-order valence-corrected chi connectivity index (χ1v) is 13.0. The molecule has 0 radical (unpaired) electrons. The van der Waals surface area contributed by atoms with Crippen LogP contribution in [0.3, 0.4) is 0 Å². The monoisotopic (exact) mass is 597 g/mol. The van der Waals surface area contributed by atoms with Crippen LogP contribution in [-0.4, -0.2) is 37.3 Å². The van der Waals surface area contributed by atoms with Gasteiger partial charge in [0.25, 0.3) is 5.91 Å². The van der Waals surface area contributed by atoms with Crippen LogP contribution < -0.4 is 19.6 Å². The molecule has 5 aromatic rings. The summed E-state index contributed by atoms with van der Waals surface area (Å²) in [5.41, 5.74) is 5.87. The molecule has 1 heterocycles. The van der Waals surface area contributed by atoms with E-state index < -0.39 is 11.9 Å². The number of hydrogen-bond acceptors (Lipinski definition) is 6. The molecule has 0 aliphatic heterocycles. The topological polar surface area (TPSA) is 102 Å². The Balaban J connectivity index is 1.48. The van der Waals surface area contributed by atoms with Crippen LogP contribution in [0.2, 0.25) is 0 Å². The molecule has 1 aromatic heterocycles. The molecule has 5 rings (SSSR count). The number of H-pyrrole nitrogens is 1. The van der Waals surface area contributed by atoms with E-state index in [0.717, 1.165) is 10.0 Å². The van der Waals surface area contributed by atoms with E-state index in [2.05, 4.69) is 31.4 Å². The Kier molecular flexibility index (Phi) is 7.93. The second kappa shape index (κ2) is 11.9. The third kappa shape index (κ3) is 5.45. The molecule has 0 saturated carbocycles. The number of esters is 1. The molecule has 2 N–H and O–H groups in total. The molecular formula is C31H24BrN3O5. The molecule has 0 fully saturated rings. The summed E-state index contributed by atoms with van der Waals surface area (Å²) in [5, 5.41) is 4.88. The number of rotatable bonds is 8. The number of hydrogen-bond donors (Lipinski definition) is 2. The van der Waals surface area contributed by atoms with Crippen molar-refractivity contribution < 1.29 is 23.8 Å². The number of methoxy groups -OCH3 is 2. The first-order valence-electron chi connectivity index (χ1n) is 12.2. The highest BCUT2D eigenvalue weighted by Crippen LogP contribution is 2.42. The zero-order valence-corrected chi connectivity index (χ0v) is 23.2. The zero-order valence-electron chi connectivity index (χ0n) is 21.6. The number of benzene rings is 4. The minimum atomic E-state index is -0.505. The zero-order chi connectivity index (χ0) is 28.1. The number of ether oxygens (including phenoxy) is 3. The van der Waals surface area contributed by atoms with Crippen LogP contribution in [0.15, 0.2) is 101 Å². The van der Waals surface area contributed by atoms with Gasteiger partial charge in [0.05, 0.1) is 36.9 Å². The van der Waals surface area contributed by atoms with Gasteiger partial charge < -0.3 is 19.2 Å². The predicted octanol–water partition coefficient (Wildman–Crippen LogP) is 6.60. The van der Waals surface area contributed by atoms with Crippen LogP contribution >= 0.6 is 15.9 Å². The summed E-state index contributed by atoms with van der Waals surface area (Å²) >= 11 is 3.43. The second-order valence-electron chi connectivity index (χ2n) is 8.60. The average molecular weight is 598 g/mol. The number of aromatic amines is 1. The lowest BCUT2D eigenvalue weighted by atomic mass is 10.0. The number of hydrazone groups is 1. The smallest absolute Gasteiger partial charge is 0.343 e. The number of nitrogens with one attached hydrogen (secondary N) is 2. The van der Waals surface area contributed by atoms with Gasteiger partial charge in [-0.1, -0.05) is 64.5 Å². The van der Waals surface area contributed by atoms with Gasteiger partial charge in [0, 0.05) is 15.6 Å². The molecule has 0 bridgehead atoms. The lowest BCUT2D eigenvalue weighted by molar-refractivity contribution is 0.0734. The number of carbonyl (C=O) groups excluding carboxylic acids is 2. The van der Waals surface area contributed by atoms with E-state index in [1.807, 2.05) is 36.4 Å². The molecule has 4 aromatic carbocycles. The maximum absolute atomic E-state index is 13.5. The Hall–Kier alpha value is -4.89. The lowest BCUT2D eigenvalue weighted by Crippen LogP contribution is -2.19. The number of nitrogens with zero attached hydrogens (tertiary/aromatic N) is 1. The van der Waals surface area contributed by atoms with E-state index in [4.69, 9.17) is 14.2 Å². The van der Waals surface area contributed by atoms with Gasteiger partial charge in [0.2, 0.25) is 0 Å². The van der Waals surface area contributed by atoms with Gasteiger partial charge in [-0.15, -0.1) is 0 Å². The Morgan fingerprint density at radius 1 is 0.850 bits per heavy atom. The fourth-order valence-corrected chi connectivity index (χ4v) is 4.69. The van der Waals surface area contributed by atoms with Gasteiger partial charge in [-0.25, -0.2) is 10.2 Å². The highest BCUT2D eigenvalue weighted by Gasteiger charge is 2.24. The van der Waals surface area contributed by atoms with E-state index >= 15 is 0 Å². The van der Waals surface area contributed by atoms with Gasteiger partial charge >= 0.3 is 5.97 Å². The number of fused-ring (bicyclic) bond motifs is 1. The van der Waals surface area contributed by atoms with E-state index in [1.54, 1.807) is 68.8 Å². The van der Waals surface area contributed by atoms with E-state index in [1.165, 1.54) is 6.21 Å². The highest BCUT2D eigenvalue weighted by atomic mass is 79.9. The van der Waals surface area contributed by atoms with E-state index in [-0.39, 0.29) is 5.69 Å². The van der Waals surface area contributed by atoms with Gasteiger partial charge in [0.15, 0.2) is 0 Å². The fourth-order valence-electron chi connectivity index (χ4n) is 4.32. The molecule has 1 amide bonds. The van der Waals surface area contributed by atoms with Crippen LogP contribution in [-0.2, 0) is 0 Å². The maximum atomic E-state index is 13.5. The molecule has 8 nitrogen and oxygen atoms in total. The van der Waals surface area contributed by atoms with Crippen LogP contribution in [0.25, 0.3) is 22.0 Å². The van der Waals surface area contributed by atoms with Gasteiger partial charge in [-0.05, 0) is 48.0 Å². The summed E-state index contributed by atoms with van der Waals surface area (Å²) < 4.78 is 17.5. The van der Waals surface area contributed by atoms with Crippen molar-refractivity contribution in [3.05, 3.63) is 112 Å². The minimum absolute atomic E-state index is 0.283. The first kappa shape index (κ1) is 26.7. The predicted molar refractivity (Wildman–Crippen MR) is 157 cm³/mol. The third-order valence-electron chi connectivity index (χ3n) is 6.16. The van der Waals surface area contributed by atoms with Crippen molar-refractivity contribution in [3.63, 3.8) is 0 Å². The third-order valence-corrected chi connectivity index (χ3v) is 6.66. The number of halogens is 1. The quantitative estimate of drug-likeness (QED) is 0.0908. The van der Waals surface area contributed by atoms with Crippen LogP contribution in [0.5, 0.6) is 17.2 Å². The molecule has 0 saturated heterocycles. The molecule has 40 heavy (non-hydrogen) atoms. The first-order chi connectivity index (χ1) is 19.5. The minimum Gasteiger partial charge on any atom is -0.496 e.